The summed E-state index contributed by atoms with van der Waals surface area (Å²) in [6, 6.07) is 9.96. The van der Waals surface area contributed by atoms with Crippen LogP contribution in [0.1, 0.15) is 15.9 Å². The van der Waals surface area contributed by atoms with E-state index in [1.165, 1.54) is 6.07 Å². The Morgan fingerprint density at radius 2 is 1.92 bits per heavy atom. The number of hydrogen-bond acceptors (Lipinski definition) is 5. The number of rotatable bonds is 5. The maximum Gasteiger partial charge on any atom is 0.340 e. The zero-order valence-corrected chi connectivity index (χ0v) is 14.4. The molecule has 0 spiro atoms. The Balaban J connectivity index is 1.49. The van der Waals surface area contributed by atoms with Gasteiger partial charge in [0.15, 0.2) is 18.1 Å². The van der Waals surface area contributed by atoms with Gasteiger partial charge in [0.1, 0.15) is 0 Å². The molecule has 2 aromatic rings. The Kier molecular flexibility index (Phi) is 5.31. The fourth-order valence-corrected chi connectivity index (χ4v) is 2.55. The number of halogens is 2. The molecule has 25 heavy (non-hydrogen) atoms. The molecule has 3 rings (SSSR count). The average molecular weight is 382 g/mol. The third-order valence-corrected chi connectivity index (χ3v) is 4.25. The maximum atomic E-state index is 11.9. The van der Waals surface area contributed by atoms with E-state index in [-0.39, 0.29) is 28.9 Å². The molecule has 0 aromatic heterocycles. The third kappa shape index (κ3) is 4.15. The Morgan fingerprint density at radius 3 is 2.76 bits per heavy atom. The monoisotopic (exact) mass is 381 g/mol. The van der Waals surface area contributed by atoms with Gasteiger partial charge in [0.05, 0.1) is 15.6 Å². The number of esters is 1. The third-order valence-electron chi connectivity index (χ3n) is 3.43. The van der Waals surface area contributed by atoms with Crippen LogP contribution in [0, 0.1) is 0 Å². The molecule has 130 valence electrons. The lowest BCUT2D eigenvalue weighted by Crippen LogP contribution is -2.28. The summed E-state index contributed by atoms with van der Waals surface area (Å²) in [7, 11) is 0. The lowest BCUT2D eigenvalue weighted by Gasteiger charge is -2.08. The van der Waals surface area contributed by atoms with Crippen molar-refractivity contribution in [2.45, 2.75) is 6.54 Å². The second-order valence-electron chi connectivity index (χ2n) is 5.14. The highest BCUT2D eigenvalue weighted by Crippen LogP contribution is 2.32. The van der Waals surface area contributed by atoms with Gasteiger partial charge in [0.2, 0.25) is 6.79 Å². The first kappa shape index (κ1) is 17.4. The van der Waals surface area contributed by atoms with Gasteiger partial charge in [-0.25, -0.2) is 4.79 Å². The van der Waals surface area contributed by atoms with Crippen LogP contribution in [0.4, 0.5) is 0 Å². The van der Waals surface area contributed by atoms with E-state index in [4.69, 9.17) is 37.4 Å². The Hall–Kier alpha value is -2.44. The second kappa shape index (κ2) is 7.63. The summed E-state index contributed by atoms with van der Waals surface area (Å²) in [5, 5.41) is 2.98. The molecule has 1 aliphatic heterocycles. The molecule has 0 aliphatic carbocycles. The largest absolute Gasteiger partial charge is 0.454 e. The van der Waals surface area contributed by atoms with Gasteiger partial charge in [0, 0.05) is 6.54 Å². The minimum atomic E-state index is -0.717. The van der Waals surface area contributed by atoms with Crippen molar-refractivity contribution >= 4 is 35.1 Å². The smallest absolute Gasteiger partial charge is 0.340 e. The van der Waals surface area contributed by atoms with Crippen molar-refractivity contribution in [2.24, 2.45) is 0 Å². The lowest BCUT2D eigenvalue weighted by molar-refractivity contribution is -0.124. The van der Waals surface area contributed by atoms with Crippen molar-refractivity contribution in [2.75, 3.05) is 13.4 Å². The number of carbonyl (C=O) groups is 2. The minimum Gasteiger partial charge on any atom is -0.454 e. The molecule has 0 unspecified atom stereocenters. The number of hydrogen-bond donors (Lipinski definition) is 1. The number of amides is 1. The van der Waals surface area contributed by atoms with Gasteiger partial charge in [0.25, 0.3) is 5.91 Å². The van der Waals surface area contributed by atoms with E-state index in [0.717, 1.165) is 5.56 Å². The molecule has 0 fully saturated rings. The van der Waals surface area contributed by atoms with Crippen LogP contribution < -0.4 is 14.8 Å². The number of carbonyl (C=O) groups excluding carboxylic acids is 2. The summed E-state index contributed by atoms with van der Waals surface area (Å²) in [6.45, 7) is 0.0321. The quantitative estimate of drug-likeness (QED) is 0.804. The van der Waals surface area contributed by atoms with E-state index in [2.05, 4.69) is 5.32 Å². The molecule has 1 N–H and O–H groups in total. The van der Waals surface area contributed by atoms with Crippen LogP contribution in [-0.2, 0) is 16.1 Å². The molecule has 0 atom stereocenters. The highest BCUT2D eigenvalue weighted by atomic mass is 35.5. The van der Waals surface area contributed by atoms with E-state index in [0.29, 0.717) is 11.5 Å². The predicted molar refractivity (Wildman–Crippen MR) is 91.2 cm³/mol. The van der Waals surface area contributed by atoms with Crippen LogP contribution in [0.25, 0.3) is 0 Å². The van der Waals surface area contributed by atoms with Crippen molar-refractivity contribution in [3.8, 4) is 11.5 Å². The van der Waals surface area contributed by atoms with E-state index >= 15 is 0 Å². The predicted octanol–water partition coefficient (Wildman–Crippen LogP) is 3.20. The SMILES string of the molecule is O=C(COC(=O)c1cccc(Cl)c1Cl)NCc1ccc2c(c1)OCO2. The zero-order valence-electron chi connectivity index (χ0n) is 12.9. The average Bonchev–Trinajstić information content (AvgIpc) is 3.08. The summed E-state index contributed by atoms with van der Waals surface area (Å²) in [4.78, 5) is 23.8. The topological polar surface area (TPSA) is 73.9 Å². The first-order chi connectivity index (χ1) is 12.0. The molecule has 0 bridgehead atoms. The first-order valence-corrected chi connectivity index (χ1v) is 8.06. The molecule has 0 saturated carbocycles. The fraction of sp³-hybridized carbons (Fsp3) is 0.176. The second-order valence-corrected chi connectivity index (χ2v) is 5.93. The summed E-state index contributed by atoms with van der Waals surface area (Å²) in [5.41, 5.74) is 0.944. The lowest BCUT2D eigenvalue weighted by atomic mass is 10.2. The van der Waals surface area contributed by atoms with Gasteiger partial charge in [-0.3, -0.25) is 4.79 Å². The Labute approximate surface area is 153 Å². The van der Waals surface area contributed by atoms with Gasteiger partial charge >= 0.3 is 5.97 Å². The standard InChI is InChI=1S/C17H13Cl2NO5/c18-12-3-1-2-11(16(12)19)17(22)23-8-15(21)20-7-10-4-5-13-14(6-10)25-9-24-13/h1-6H,7-9H2,(H,20,21). The highest BCUT2D eigenvalue weighted by Gasteiger charge is 2.16. The molecule has 1 heterocycles. The van der Waals surface area contributed by atoms with Crippen LogP contribution in [0.2, 0.25) is 10.0 Å². The van der Waals surface area contributed by atoms with E-state index in [1.54, 1.807) is 24.3 Å². The fourth-order valence-electron chi connectivity index (χ4n) is 2.17. The Morgan fingerprint density at radius 1 is 1.12 bits per heavy atom. The van der Waals surface area contributed by atoms with Crippen molar-refractivity contribution in [1.82, 2.24) is 5.32 Å². The molecule has 0 saturated heterocycles. The van der Waals surface area contributed by atoms with Crippen molar-refractivity contribution < 1.29 is 23.8 Å². The molecule has 2 aromatic carbocycles. The summed E-state index contributed by atoms with van der Waals surface area (Å²) >= 11 is 11.8. The summed E-state index contributed by atoms with van der Waals surface area (Å²) in [5.74, 6) is 0.145. The van der Waals surface area contributed by atoms with Crippen LogP contribution in [-0.4, -0.2) is 25.3 Å². The molecule has 6 nitrogen and oxygen atoms in total. The molecule has 1 aliphatic rings. The van der Waals surface area contributed by atoms with Crippen LogP contribution in [0.3, 0.4) is 0 Å². The van der Waals surface area contributed by atoms with Crippen LogP contribution >= 0.6 is 23.2 Å². The Bertz CT molecular complexity index is 825. The zero-order chi connectivity index (χ0) is 17.8. The van der Waals surface area contributed by atoms with Gasteiger partial charge < -0.3 is 19.5 Å². The van der Waals surface area contributed by atoms with Gasteiger partial charge in [-0.05, 0) is 29.8 Å². The van der Waals surface area contributed by atoms with Crippen molar-refractivity contribution in [1.29, 1.82) is 0 Å². The summed E-state index contributed by atoms with van der Waals surface area (Å²) < 4.78 is 15.4. The van der Waals surface area contributed by atoms with E-state index in [9.17, 15) is 9.59 Å². The normalized spacial score (nSPS) is 11.9. The number of ether oxygens (including phenoxy) is 3. The van der Waals surface area contributed by atoms with E-state index in [1.807, 2.05) is 6.07 Å². The van der Waals surface area contributed by atoms with Crippen LogP contribution in [0.5, 0.6) is 11.5 Å². The highest BCUT2D eigenvalue weighted by molar-refractivity contribution is 6.43. The number of fused-ring (bicyclic) bond motifs is 1. The number of benzene rings is 2. The van der Waals surface area contributed by atoms with Crippen molar-refractivity contribution in [3.63, 3.8) is 0 Å². The van der Waals surface area contributed by atoms with Crippen molar-refractivity contribution in [3.05, 3.63) is 57.6 Å². The molecular weight excluding hydrogens is 369 g/mol. The molecule has 8 heteroatoms. The van der Waals surface area contributed by atoms with Gasteiger partial charge in [-0.2, -0.15) is 0 Å². The van der Waals surface area contributed by atoms with E-state index < -0.39 is 18.5 Å². The van der Waals surface area contributed by atoms with Crippen LogP contribution in [0.15, 0.2) is 36.4 Å². The van der Waals surface area contributed by atoms with Gasteiger partial charge in [-0.15, -0.1) is 0 Å². The molecular formula is C17H13Cl2NO5. The number of nitrogens with one attached hydrogen (secondary N) is 1. The summed E-state index contributed by atoms with van der Waals surface area (Å²) in [6.07, 6.45) is 0. The van der Waals surface area contributed by atoms with Gasteiger partial charge in [-0.1, -0.05) is 35.3 Å². The molecule has 1 amide bonds. The maximum absolute atomic E-state index is 11.9. The molecule has 0 radical (unpaired) electrons. The first-order valence-electron chi connectivity index (χ1n) is 7.31. The minimum absolute atomic E-state index is 0.0925.